The highest BCUT2D eigenvalue weighted by Gasteiger charge is 2.44. The largest absolute Gasteiger partial charge is 0.496 e. The molecule has 0 saturated heterocycles. The number of halogens is 1. The Hall–Kier alpha value is -1.26. The first kappa shape index (κ1) is 17.6. The molecular weight excluding hydrogens is 324 g/mol. The summed E-state index contributed by atoms with van der Waals surface area (Å²) in [5.74, 6) is 2.08. The highest BCUT2D eigenvalue weighted by Crippen LogP contribution is 2.46. The highest BCUT2D eigenvalue weighted by atomic mass is 35.5. The molecule has 0 bridgehead atoms. The molecule has 4 nitrogen and oxygen atoms in total. The normalized spacial score (nSPS) is 28.9. The summed E-state index contributed by atoms with van der Waals surface area (Å²) in [6.07, 6.45) is 4.77. The molecule has 132 valence electrons. The van der Waals surface area contributed by atoms with E-state index in [2.05, 4.69) is 19.0 Å². The van der Waals surface area contributed by atoms with Gasteiger partial charge in [-0.2, -0.15) is 0 Å². The van der Waals surface area contributed by atoms with E-state index in [0.29, 0.717) is 28.4 Å². The fraction of sp³-hybridized carbons (Fsp3) is 0.632. The molecule has 0 N–H and O–H groups in total. The van der Waals surface area contributed by atoms with Crippen molar-refractivity contribution in [1.29, 1.82) is 0 Å². The molecule has 2 unspecified atom stereocenters. The lowest BCUT2D eigenvalue weighted by molar-refractivity contribution is 0.0723. The van der Waals surface area contributed by atoms with Gasteiger partial charge < -0.3 is 14.5 Å². The highest BCUT2D eigenvalue weighted by molar-refractivity contribution is 6.30. The number of hydrogen-bond donors (Lipinski definition) is 0. The van der Waals surface area contributed by atoms with Gasteiger partial charge in [-0.25, -0.2) is 0 Å². The second kappa shape index (κ2) is 6.93. The van der Waals surface area contributed by atoms with E-state index >= 15 is 0 Å². The molecule has 0 heterocycles. The van der Waals surface area contributed by atoms with Gasteiger partial charge in [-0.1, -0.05) is 11.6 Å². The number of benzene rings is 1. The summed E-state index contributed by atoms with van der Waals surface area (Å²) >= 11 is 6.00. The minimum absolute atomic E-state index is 0.0256. The van der Waals surface area contributed by atoms with Crippen LogP contribution in [0.3, 0.4) is 0 Å². The molecule has 3 rings (SSSR count). The molecule has 2 aliphatic carbocycles. The lowest BCUT2D eigenvalue weighted by Gasteiger charge is -2.27. The first-order valence-corrected chi connectivity index (χ1v) is 9.05. The predicted octanol–water partition coefficient (Wildman–Crippen LogP) is 3.54. The van der Waals surface area contributed by atoms with Gasteiger partial charge >= 0.3 is 0 Å². The van der Waals surface area contributed by atoms with Gasteiger partial charge in [0.2, 0.25) is 0 Å². The van der Waals surface area contributed by atoms with Crippen LogP contribution in [-0.2, 0) is 0 Å². The van der Waals surface area contributed by atoms with Crippen LogP contribution < -0.4 is 4.74 Å². The Morgan fingerprint density at radius 3 is 2.21 bits per heavy atom. The van der Waals surface area contributed by atoms with Crippen molar-refractivity contribution < 1.29 is 9.53 Å². The van der Waals surface area contributed by atoms with Crippen molar-refractivity contribution in [1.82, 2.24) is 9.80 Å². The van der Waals surface area contributed by atoms with Gasteiger partial charge in [-0.05, 0) is 69.8 Å². The SMILES string of the molecule is COc1cc(Cl)ccc1C(=O)N(C)C1C[C@H]2CC(N(C)C)C[C@H]2C1. The van der Waals surface area contributed by atoms with Crippen LogP contribution in [-0.4, -0.2) is 56.0 Å². The molecule has 24 heavy (non-hydrogen) atoms. The monoisotopic (exact) mass is 350 g/mol. The zero-order valence-electron chi connectivity index (χ0n) is 15.0. The molecule has 0 radical (unpaired) electrons. The Balaban J connectivity index is 1.68. The van der Waals surface area contributed by atoms with Crippen LogP contribution in [0.5, 0.6) is 5.75 Å². The summed E-state index contributed by atoms with van der Waals surface area (Å²) in [5.41, 5.74) is 0.590. The first-order valence-electron chi connectivity index (χ1n) is 8.67. The summed E-state index contributed by atoms with van der Waals surface area (Å²) < 4.78 is 5.34. The standard InChI is InChI=1S/C19H27ClN2O2/c1-21(2)15-7-12-9-16(10-13(12)8-15)22(3)19(23)17-6-5-14(20)11-18(17)24-4/h5-6,11-13,15-16H,7-10H2,1-4H3/t12-,13+,15?,16?. The van der Waals surface area contributed by atoms with E-state index in [0.717, 1.165) is 24.7 Å². The lowest BCUT2D eigenvalue weighted by atomic mass is 10.0. The van der Waals surface area contributed by atoms with Crippen molar-refractivity contribution in [2.24, 2.45) is 11.8 Å². The van der Waals surface area contributed by atoms with Gasteiger partial charge in [0.25, 0.3) is 5.91 Å². The smallest absolute Gasteiger partial charge is 0.257 e. The summed E-state index contributed by atoms with van der Waals surface area (Å²) in [4.78, 5) is 17.2. The maximum Gasteiger partial charge on any atom is 0.257 e. The summed E-state index contributed by atoms with van der Waals surface area (Å²) in [6, 6.07) is 6.25. The quantitative estimate of drug-likeness (QED) is 0.832. The fourth-order valence-electron chi connectivity index (χ4n) is 4.49. The summed E-state index contributed by atoms with van der Waals surface area (Å²) in [7, 11) is 7.84. The minimum atomic E-state index is 0.0256. The van der Waals surface area contributed by atoms with E-state index in [9.17, 15) is 4.79 Å². The Labute approximate surface area is 149 Å². The number of carbonyl (C=O) groups excluding carboxylic acids is 1. The van der Waals surface area contributed by atoms with Gasteiger partial charge in [-0.15, -0.1) is 0 Å². The van der Waals surface area contributed by atoms with E-state index in [4.69, 9.17) is 16.3 Å². The number of carbonyl (C=O) groups is 1. The van der Waals surface area contributed by atoms with Crippen molar-refractivity contribution in [3.8, 4) is 5.75 Å². The predicted molar refractivity (Wildman–Crippen MR) is 96.8 cm³/mol. The number of ether oxygens (including phenoxy) is 1. The topological polar surface area (TPSA) is 32.8 Å². The average molecular weight is 351 g/mol. The van der Waals surface area contributed by atoms with E-state index in [1.807, 2.05) is 11.9 Å². The molecule has 1 aromatic rings. The first-order chi connectivity index (χ1) is 11.4. The lowest BCUT2D eigenvalue weighted by Crippen LogP contribution is -2.36. The third-order valence-electron chi connectivity index (χ3n) is 5.96. The minimum Gasteiger partial charge on any atom is -0.496 e. The Morgan fingerprint density at radius 1 is 1.08 bits per heavy atom. The van der Waals surface area contributed by atoms with Crippen molar-refractivity contribution in [2.45, 2.75) is 37.8 Å². The second-order valence-electron chi connectivity index (χ2n) is 7.49. The number of fused-ring (bicyclic) bond motifs is 1. The molecule has 2 fully saturated rings. The van der Waals surface area contributed by atoms with Gasteiger partial charge in [0, 0.05) is 24.2 Å². The molecule has 2 aliphatic rings. The van der Waals surface area contributed by atoms with Gasteiger partial charge in [0.1, 0.15) is 5.75 Å². The van der Waals surface area contributed by atoms with Gasteiger partial charge in [-0.3, -0.25) is 4.79 Å². The molecule has 2 saturated carbocycles. The van der Waals surface area contributed by atoms with E-state index in [1.165, 1.54) is 12.8 Å². The van der Waals surface area contributed by atoms with Crippen molar-refractivity contribution in [3.63, 3.8) is 0 Å². The van der Waals surface area contributed by atoms with Crippen LogP contribution in [0.1, 0.15) is 36.0 Å². The average Bonchev–Trinajstić information content (AvgIpc) is 3.12. The summed E-state index contributed by atoms with van der Waals surface area (Å²) in [6.45, 7) is 0. The van der Waals surface area contributed by atoms with Crippen LogP contribution in [0.4, 0.5) is 0 Å². The Kier molecular flexibility index (Phi) is 5.07. The number of rotatable bonds is 4. The molecule has 5 heteroatoms. The van der Waals surface area contributed by atoms with Crippen LogP contribution in [0, 0.1) is 11.8 Å². The molecular formula is C19H27ClN2O2. The fourth-order valence-corrected chi connectivity index (χ4v) is 4.65. The third-order valence-corrected chi connectivity index (χ3v) is 6.19. The molecule has 0 aliphatic heterocycles. The van der Waals surface area contributed by atoms with Gasteiger partial charge in [0.15, 0.2) is 0 Å². The van der Waals surface area contributed by atoms with Gasteiger partial charge in [0.05, 0.1) is 12.7 Å². The zero-order valence-corrected chi connectivity index (χ0v) is 15.7. The number of hydrogen-bond acceptors (Lipinski definition) is 3. The zero-order chi connectivity index (χ0) is 17.4. The van der Waals surface area contributed by atoms with Crippen LogP contribution in [0.2, 0.25) is 5.02 Å². The van der Waals surface area contributed by atoms with E-state index in [-0.39, 0.29) is 5.91 Å². The van der Waals surface area contributed by atoms with Crippen LogP contribution in [0.25, 0.3) is 0 Å². The summed E-state index contributed by atoms with van der Waals surface area (Å²) in [5, 5.41) is 0.580. The van der Waals surface area contributed by atoms with E-state index < -0.39 is 0 Å². The van der Waals surface area contributed by atoms with Crippen molar-refractivity contribution >= 4 is 17.5 Å². The molecule has 0 spiro atoms. The molecule has 1 amide bonds. The Bertz CT molecular complexity index is 605. The number of amides is 1. The van der Waals surface area contributed by atoms with Crippen LogP contribution in [0.15, 0.2) is 18.2 Å². The van der Waals surface area contributed by atoms with Crippen molar-refractivity contribution in [3.05, 3.63) is 28.8 Å². The Morgan fingerprint density at radius 2 is 1.67 bits per heavy atom. The van der Waals surface area contributed by atoms with Crippen molar-refractivity contribution in [2.75, 3.05) is 28.3 Å². The molecule has 1 aromatic carbocycles. The van der Waals surface area contributed by atoms with Crippen LogP contribution >= 0.6 is 11.6 Å². The maximum absolute atomic E-state index is 12.9. The maximum atomic E-state index is 12.9. The third kappa shape index (κ3) is 3.27. The number of nitrogens with zero attached hydrogens (tertiary/aromatic N) is 2. The molecule has 4 atom stereocenters. The molecule has 0 aromatic heterocycles. The number of methoxy groups -OCH3 is 1. The van der Waals surface area contributed by atoms with E-state index in [1.54, 1.807) is 25.3 Å². The second-order valence-corrected chi connectivity index (χ2v) is 7.93.